The van der Waals surface area contributed by atoms with Crippen LogP contribution in [0.1, 0.15) is 31.0 Å². The third-order valence-electron chi connectivity index (χ3n) is 4.72. The predicted octanol–water partition coefficient (Wildman–Crippen LogP) is 1.69. The fourth-order valence-electron chi connectivity index (χ4n) is 3.54. The molecule has 1 aromatic heterocycles. The van der Waals surface area contributed by atoms with Gasteiger partial charge in [-0.3, -0.25) is 9.59 Å². The van der Waals surface area contributed by atoms with Crippen molar-refractivity contribution in [3.8, 4) is 0 Å². The van der Waals surface area contributed by atoms with Gasteiger partial charge >= 0.3 is 0 Å². The fraction of sp³-hybridized carbons (Fsp3) is 0.421. The first kappa shape index (κ1) is 17.2. The van der Waals surface area contributed by atoms with E-state index in [4.69, 9.17) is 0 Å². The van der Waals surface area contributed by atoms with E-state index < -0.39 is 0 Å². The number of aromatic amines is 1. The smallest absolute Gasteiger partial charge is 0.226 e. The highest BCUT2D eigenvalue weighted by molar-refractivity contribution is 5.79. The second kappa shape index (κ2) is 7.96. The zero-order valence-electron chi connectivity index (χ0n) is 14.4. The fourth-order valence-corrected chi connectivity index (χ4v) is 3.54. The molecule has 1 saturated heterocycles. The van der Waals surface area contributed by atoms with Gasteiger partial charge in [-0.05, 0) is 24.8 Å². The Morgan fingerprint density at radius 3 is 2.80 bits per heavy atom. The number of imidazole rings is 1. The molecule has 1 aromatic carbocycles. The number of rotatable bonds is 5. The summed E-state index contributed by atoms with van der Waals surface area (Å²) in [5.74, 6) is 0.0196. The van der Waals surface area contributed by atoms with Gasteiger partial charge in [0.15, 0.2) is 0 Å². The van der Waals surface area contributed by atoms with Gasteiger partial charge in [0.2, 0.25) is 11.8 Å². The second-order valence-corrected chi connectivity index (χ2v) is 6.54. The standard InChI is InChI=1S/C19H24N4O2/c1-14(24)23-9-5-8-17(18(23)10-15-6-3-2-4-7-15)22-19(25)11-16-12-20-13-21-16/h2-4,6-7,12-13,17-18H,5,8-11H2,1H3,(H,20,21)(H,22,25)/t17-,18-/m0/s1. The summed E-state index contributed by atoms with van der Waals surface area (Å²) in [6.07, 6.45) is 6.03. The number of piperidine rings is 1. The lowest BCUT2D eigenvalue weighted by atomic mass is 9.90. The lowest BCUT2D eigenvalue weighted by Crippen LogP contribution is -2.57. The van der Waals surface area contributed by atoms with Crippen LogP contribution in [0.5, 0.6) is 0 Å². The van der Waals surface area contributed by atoms with E-state index in [2.05, 4.69) is 27.4 Å². The summed E-state index contributed by atoms with van der Waals surface area (Å²) in [5, 5.41) is 3.13. The number of nitrogens with zero attached hydrogens (tertiary/aromatic N) is 2. The molecule has 1 fully saturated rings. The van der Waals surface area contributed by atoms with E-state index in [1.54, 1.807) is 19.4 Å². The Labute approximate surface area is 147 Å². The number of nitrogens with one attached hydrogen (secondary N) is 2. The molecule has 1 aliphatic rings. The highest BCUT2D eigenvalue weighted by Gasteiger charge is 2.33. The van der Waals surface area contributed by atoms with Gasteiger partial charge < -0.3 is 15.2 Å². The SMILES string of the molecule is CC(=O)N1CCC[C@H](NC(=O)Cc2cnc[nH]2)[C@@H]1Cc1ccccc1. The maximum atomic E-state index is 12.4. The monoisotopic (exact) mass is 340 g/mol. The normalized spacial score (nSPS) is 20.3. The number of benzene rings is 1. The zero-order valence-corrected chi connectivity index (χ0v) is 14.4. The molecule has 2 amide bonds. The molecule has 2 N–H and O–H groups in total. The van der Waals surface area contributed by atoms with Crippen molar-refractivity contribution in [1.29, 1.82) is 0 Å². The van der Waals surface area contributed by atoms with Crippen LogP contribution in [0.3, 0.4) is 0 Å². The molecular weight excluding hydrogens is 316 g/mol. The summed E-state index contributed by atoms with van der Waals surface area (Å²) in [6.45, 7) is 2.35. The van der Waals surface area contributed by atoms with E-state index in [-0.39, 0.29) is 30.3 Å². The number of aromatic nitrogens is 2. The molecule has 0 bridgehead atoms. The number of likely N-dealkylation sites (tertiary alicyclic amines) is 1. The van der Waals surface area contributed by atoms with Crippen molar-refractivity contribution in [2.45, 2.75) is 44.7 Å². The number of hydrogen-bond acceptors (Lipinski definition) is 3. The summed E-state index contributed by atoms with van der Waals surface area (Å²) in [6, 6.07) is 10.1. The van der Waals surface area contributed by atoms with Crippen LogP contribution in [0.4, 0.5) is 0 Å². The van der Waals surface area contributed by atoms with Gasteiger partial charge in [0, 0.05) is 31.4 Å². The van der Waals surface area contributed by atoms with E-state index in [9.17, 15) is 9.59 Å². The van der Waals surface area contributed by atoms with Crippen molar-refractivity contribution in [3.05, 3.63) is 54.1 Å². The molecule has 0 saturated carbocycles. The highest BCUT2D eigenvalue weighted by Crippen LogP contribution is 2.22. The van der Waals surface area contributed by atoms with E-state index in [0.717, 1.165) is 31.5 Å². The molecule has 6 nitrogen and oxygen atoms in total. The minimum absolute atomic E-state index is 0.0145. The van der Waals surface area contributed by atoms with Crippen molar-refractivity contribution < 1.29 is 9.59 Å². The lowest BCUT2D eigenvalue weighted by molar-refractivity contribution is -0.134. The quantitative estimate of drug-likeness (QED) is 0.869. The summed E-state index contributed by atoms with van der Waals surface area (Å²) < 4.78 is 0. The van der Waals surface area contributed by atoms with Crippen molar-refractivity contribution in [2.75, 3.05) is 6.54 Å². The molecule has 25 heavy (non-hydrogen) atoms. The first-order chi connectivity index (χ1) is 12.1. The zero-order chi connectivity index (χ0) is 17.6. The van der Waals surface area contributed by atoms with Crippen LogP contribution in [-0.4, -0.2) is 45.3 Å². The molecule has 3 rings (SSSR count). The molecule has 2 atom stereocenters. The molecule has 6 heteroatoms. The number of carbonyl (C=O) groups is 2. The summed E-state index contributed by atoms with van der Waals surface area (Å²) in [5.41, 5.74) is 1.96. The Morgan fingerprint density at radius 2 is 2.12 bits per heavy atom. The van der Waals surface area contributed by atoms with E-state index in [1.165, 1.54) is 5.56 Å². The van der Waals surface area contributed by atoms with Crippen LogP contribution in [-0.2, 0) is 22.4 Å². The number of carbonyl (C=O) groups excluding carboxylic acids is 2. The third-order valence-corrected chi connectivity index (χ3v) is 4.72. The van der Waals surface area contributed by atoms with Crippen molar-refractivity contribution >= 4 is 11.8 Å². The van der Waals surface area contributed by atoms with Crippen LogP contribution < -0.4 is 5.32 Å². The third kappa shape index (κ3) is 4.47. The van der Waals surface area contributed by atoms with Crippen LogP contribution >= 0.6 is 0 Å². The second-order valence-electron chi connectivity index (χ2n) is 6.54. The van der Waals surface area contributed by atoms with E-state index >= 15 is 0 Å². The Bertz CT molecular complexity index is 699. The molecule has 0 aliphatic carbocycles. The molecule has 0 radical (unpaired) electrons. The average Bonchev–Trinajstić information content (AvgIpc) is 3.10. The molecular formula is C19H24N4O2. The summed E-state index contributed by atoms with van der Waals surface area (Å²) in [7, 11) is 0. The first-order valence-electron chi connectivity index (χ1n) is 8.71. The summed E-state index contributed by atoms with van der Waals surface area (Å²) >= 11 is 0. The molecule has 0 spiro atoms. The topological polar surface area (TPSA) is 78.1 Å². The summed E-state index contributed by atoms with van der Waals surface area (Å²) in [4.78, 5) is 33.3. The van der Waals surface area contributed by atoms with Gasteiger partial charge in [0.1, 0.15) is 0 Å². The van der Waals surface area contributed by atoms with Crippen LogP contribution in [0.15, 0.2) is 42.9 Å². The Balaban J connectivity index is 1.72. The Morgan fingerprint density at radius 1 is 1.32 bits per heavy atom. The Hall–Kier alpha value is -2.63. The van der Waals surface area contributed by atoms with Gasteiger partial charge in [0.05, 0.1) is 18.8 Å². The van der Waals surface area contributed by atoms with E-state index in [1.807, 2.05) is 23.1 Å². The van der Waals surface area contributed by atoms with Crippen LogP contribution in [0, 0.1) is 0 Å². The van der Waals surface area contributed by atoms with Crippen LogP contribution in [0.25, 0.3) is 0 Å². The molecule has 2 heterocycles. The first-order valence-corrected chi connectivity index (χ1v) is 8.71. The Kier molecular flexibility index (Phi) is 5.48. The van der Waals surface area contributed by atoms with Gasteiger partial charge in [-0.15, -0.1) is 0 Å². The molecule has 2 aromatic rings. The van der Waals surface area contributed by atoms with Gasteiger partial charge in [-0.2, -0.15) is 0 Å². The van der Waals surface area contributed by atoms with Gasteiger partial charge in [-0.25, -0.2) is 4.98 Å². The minimum atomic E-state index is -0.0438. The predicted molar refractivity (Wildman–Crippen MR) is 94.8 cm³/mol. The molecule has 132 valence electrons. The molecule has 1 aliphatic heterocycles. The van der Waals surface area contributed by atoms with Gasteiger partial charge in [0.25, 0.3) is 0 Å². The highest BCUT2D eigenvalue weighted by atomic mass is 16.2. The van der Waals surface area contributed by atoms with Crippen molar-refractivity contribution in [2.24, 2.45) is 0 Å². The number of H-pyrrole nitrogens is 1. The van der Waals surface area contributed by atoms with E-state index in [0.29, 0.717) is 0 Å². The lowest BCUT2D eigenvalue weighted by Gasteiger charge is -2.41. The van der Waals surface area contributed by atoms with Crippen LogP contribution in [0.2, 0.25) is 0 Å². The van der Waals surface area contributed by atoms with Gasteiger partial charge in [-0.1, -0.05) is 30.3 Å². The maximum absolute atomic E-state index is 12.4. The largest absolute Gasteiger partial charge is 0.351 e. The number of hydrogen-bond donors (Lipinski definition) is 2. The van der Waals surface area contributed by atoms with Crippen molar-refractivity contribution in [3.63, 3.8) is 0 Å². The molecule has 0 unspecified atom stereocenters. The minimum Gasteiger partial charge on any atom is -0.351 e. The number of amides is 2. The maximum Gasteiger partial charge on any atom is 0.226 e. The van der Waals surface area contributed by atoms with Crippen molar-refractivity contribution in [1.82, 2.24) is 20.2 Å². The average molecular weight is 340 g/mol.